The maximum Gasteiger partial charge on any atom is 0.258 e. The van der Waals surface area contributed by atoms with Crippen LogP contribution in [0.15, 0.2) is 53.3 Å². The van der Waals surface area contributed by atoms with E-state index in [2.05, 4.69) is 9.97 Å². The number of hydrogen-bond donors (Lipinski definition) is 2. The van der Waals surface area contributed by atoms with Gasteiger partial charge in [0.2, 0.25) is 0 Å². The number of likely N-dealkylation sites (N-methyl/N-ethyl adjacent to an activating group) is 1. The van der Waals surface area contributed by atoms with Gasteiger partial charge in [0.25, 0.3) is 5.56 Å². The van der Waals surface area contributed by atoms with Crippen LogP contribution in [-0.4, -0.2) is 46.3 Å². The molecule has 0 aliphatic heterocycles. The van der Waals surface area contributed by atoms with Crippen LogP contribution in [0.2, 0.25) is 0 Å². The molecule has 1 heterocycles. The molecule has 1 atom stereocenters. The Kier molecular flexibility index (Phi) is 5.65. The fraction of sp³-hybridized carbons (Fsp3) is 0.300. The van der Waals surface area contributed by atoms with Gasteiger partial charge in [0.1, 0.15) is 24.3 Å². The topological polar surface area (TPSA) is 78.5 Å². The van der Waals surface area contributed by atoms with E-state index in [1.165, 1.54) is 0 Å². The molecule has 136 valence electrons. The number of nitrogens with one attached hydrogen (secondary N) is 1. The van der Waals surface area contributed by atoms with Gasteiger partial charge in [-0.1, -0.05) is 24.3 Å². The Morgan fingerprint density at radius 3 is 2.85 bits per heavy atom. The molecular formula is C20H23N3O3. The van der Waals surface area contributed by atoms with Crippen molar-refractivity contribution in [3.63, 3.8) is 0 Å². The van der Waals surface area contributed by atoms with Gasteiger partial charge in [-0.05, 0) is 43.8 Å². The Labute approximate surface area is 152 Å². The number of rotatable bonds is 7. The highest BCUT2D eigenvalue weighted by atomic mass is 16.5. The Morgan fingerprint density at radius 2 is 2.04 bits per heavy atom. The van der Waals surface area contributed by atoms with E-state index in [0.29, 0.717) is 29.8 Å². The zero-order chi connectivity index (χ0) is 18.5. The number of aryl methyl sites for hydroxylation is 1. The van der Waals surface area contributed by atoms with E-state index in [4.69, 9.17) is 4.74 Å². The number of aliphatic hydroxyl groups excluding tert-OH is 1. The predicted molar refractivity (Wildman–Crippen MR) is 101 cm³/mol. The van der Waals surface area contributed by atoms with Gasteiger partial charge in [-0.25, -0.2) is 4.98 Å². The summed E-state index contributed by atoms with van der Waals surface area (Å²) in [6, 6.07) is 15.0. The molecule has 0 aliphatic carbocycles. The fourth-order valence-electron chi connectivity index (χ4n) is 2.84. The monoisotopic (exact) mass is 353 g/mol. The highest BCUT2D eigenvalue weighted by molar-refractivity contribution is 5.77. The molecule has 6 nitrogen and oxygen atoms in total. The molecule has 3 aromatic rings. The van der Waals surface area contributed by atoms with Crippen LogP contribution >= 0.6 is 0 Å². The van der Waals surface area contributed by atoms with E-state index in [1.54, 1.807) is 6.07 Å². The Hall–Kier alpha value is -2.70. The van der Waals surface area contributed by atoms with Crippen molar-refractivity contribution >= 4 is 10.9 Å². The molecular weight excluding hydrogens is 330 g/mol. The average molecular weight is 353 g/mol. The Bertz CT molecular complexity index is 939. The molecule has 6 heteroatoms. The summed E-state index contributed by atoms with van der Waals surface area (Å²) in [5.41, 5.74) is 1.63. The van der Waals surface area contributed by atoms with Crippen LogP contribution in [-0.2, 0) is 6.54 Å². The van der Waals surface area contributed by atoms with Crippen LogP contribution in [0.5, 0.6) is 5.75 Å². The van der Waals surface area contributed by atoms with E-state index in [-0.39, 0.29) is 12.2 Å². The van der Waals surface area contributed by atoms with Gasteiger partial charge in [-0.2, -0.15) is 0 Å². The molecule has 3 rings (SSSR count). The van der Waals surface area contributed by atoms with E-state index >= 15 is 0 Å². The lowest BCUT2D eigenvalue weighted by Crippen LogP contribution is -2.33. The summed E-state index contributed by atoms with van der Waals surface area (Å²) >= 11 is 0. The standard InChI is InChI=1S/C20H23N3O3/c1-14-6-5-7-16(10-14)26-13-15(24)11-23(2)12-19-21-18-9-4-3-8-17(18)20(25)22-19/h3-10,15,24H,11-13H2,1-2H3,(H,21,22,25)/t15-/m0/s1. The minimum Gasteiger partial charge on any atom is -0.491 e. The van der Waals surface area contributed by atoms with Crippen LogP contribution in [0.25, 0.3) is 10.9 Å². The van der Waals surface area contributed by atoms with Gasteiger partial charge < -0.3 is 14.8 Å². The summed E-state index contributed by atoms with van der Waals surface area (Å²) < 4.78 is 5.63. The van der Waals surface area contributed by atoms with Gasteiger partial charge in [-0.3, -0.25) is 9.69 Å². The molecule has 2 N–H and O–H groups in total. The normalized spacial score (nSPS) is 12.5. The van der Waals surface area contributed by atoms with Gasteiger partial charge in [-0.15, -0.1) is 0 Å². The smallest absolute Gasteiger partial charge is 0.258 e. The number of benzene rings is 2. The van der Waals surface area contributed by atoms with Crippen molar-refractivity contribution in [3.8, 4) is 5.75 Å². The number of aromatic nitrogens is 2. The molecule has 0 amide bonds. The molecule has 0 bridgehead atoms. The Balaban J connectivity index is 1.56. The van der Waals surface area contributed by atoms with Crippen LogP contribution < -0.4 is 10.3 Å². The molecule has 0 saturated carbocycles. The minimum atomic E-state index is -0.646. The van der Waals surface area contributed by atoms with Gasteiger partial charge >= 0.3 is 0 Å². The first-order valence-electron chi connectivity index (χ1n) is 8.55. The minimum absolute atomic E-state index is 0.151. The molecule has 0 saturated heterocycles. The van der Waals surface area contributed by atoms with Crippen LogP contribution in [0, 0.1) is 6.92 Å². The fourth-order valence-corrected chi connectivity index (χ4v) is 2.84. The number of H-pyrrole nitrogens is 1. The zero-order valence-electron chi connectivity index (χ0n) is 15.0. The number of aromatic amines is 1. The van der Waals surface area contributed by atoms with Gasteiger partial charge in [0.15, 0.2) is 0 Å². The zero-order valence-corrected chi connectivity index (χ0v) is 15.0. The number of ether oxygens (including phenoxy) is 1. The molecule has 1 aromatic heterocycles. The van der Waals surface area contributed by atoms with Crippen molar-refractivity contribution in [3.05, 3.63) is 70.3 Å². The predicted octanol–water partition coefficient (Wildman–Crippen LogP) is 2.10. The number of nitrogens with zero attached hydrogens (tertiary/aromatic N) is 2. The van der Waals surface area contributed by atoms with E-state index in [9.17, 15) is 9.90 Å². The molecule has 0 unspecified atom stereocenters. The van der Waals surface area contributed by atoms with Crippen molar-refractivity contribution in [2.45, 2.75) is 19.6 Å². The van der Waals surface area contributed by atoms with Crippen molar-refractivity contribution in [2.75, 3.05) is 20.2 Å². The second-order valence-electron chi connectivity index (χ2n) is 6.51. The maximum atomic E-state index is 12.1. The van der Waals surface area contributed by atoms with E-state index < -0.39 is 6.10 Å². The molecule has 0 radical (unpaired) electrons. The lowest BCUT2D eigenvalue weighted by molar-refractivity contribution is 0.0737. The first-order valence-corrected chi connectivity index (χ1v) is 8.55. The molecule has 0 aliphatic rings. The third-order valence-corrected chi connectivity index (χ3v) is 4.04. The van der Waals surface area contributed by atoms with Crippen LogP contribution in [0.3, 0.4) is 0 Å². The summed E-state index contributed by atoms with van der Waals surface area (Å²) in [6.45, 7) is 3.04. The van der Waals surface area contributed by atoms with E-state index in [1.807, 2.05) is 61.3 Å². The van der Waals surface area contributed by atoms with Gasteiger partial charge in [0.05, 0.1) is 17.4 Å². The number of para-hydroxylation sites is 1. The number of aliphatic hydroxyl groups is 1. The molecule has 0 fully saturated rings. The summed E-state index contributed by atoms with van der Waals surface area (Å²) in [4.78, 5) is 21.3. The van der Waals surface area contributed by atoms with Crippen molar-refractivity contribution in [1.29, 1.82) is 0 Å². The van der Waals surface area contributed by atoms with Crippen LogP contribution in [0.1, 0.15) is 11.4 Å². The third kappa shape index (κ3) is 4.68. The second kappa shape index (κ2) is 8.12. The van der Waals surface area contributed by atoms with Gasteiger partial charge in [0, 0.05) is 6.54 Å². The first kappa shape index (κ1) is 18.1. The average Bonchev–Trinajstić information content (AvgIpc) is 2.60. The second-order valence-corrected chi connectivity index (χ2v) is 6.51. The summed E-state index contributed by atoms with van der Waals surface area (Å²) in [7, 11) is 1.87. The van der Waals surface area contributed by atoms with Crippen molar-refractivity contribution < 1.29 is 9.84 Å². The van der Waals surface area contributed by atoms with E-state index in [0.717, 1.165) is 11.3 Å². The third-order valence-electron chi connectivity index (χ3n) is 4.04. The highest BCUT2D eigenvalue weighted by Crippen LogP contribution is 2.13. The SMILES string of the molecule is Cc1cccc(OC[C@@H](O)CN(C)Cc2nc3ccccc3c(=O)[nH]2)c1. The lowest BCUT2D eigenvalue weighted by Gasteiger charge is -2.20. The summed E-state index contributed by atoms with van der Waals surface area (Å²) in [6.07, 6.45) is -0.646. The van der Waals surface area contributed by atoms with Crippen molar-refractivity contribution in [2.24, 2.45) is 0 Å². The summed E-state index contributed by atoms with van der Waals surface area (Å²) in [5.74, 6) is 1.32. The lowest BCUT2D eigenvalue weighted by atomic mass is 10.2. The Morgan fingerprint density at radius 1 is 1.23 bits per heavy atom. The molecule has 0 spiro atoms. The summed E-state index contributed by atoms with van der Waals surface area (Å²) in [5, 5.41) is 10.8. The molecule has 2 aromatic carbocycles. The number of hydrogen-bond acceptors (Lipinski definition) is 5. The highest BCUT2D eigenvalue weighted by Gasteiger charge is 2.12. The van der Waals surface area contributed by atoms with Crippen LogP contribution in [0.4, 0.5) is 0 Å². The van der Waals surface area contributed by atoms with Crippen molar-refractivity contribution in [1.82, 2.24) is 14.9 Å². The first-order chi connectivity index (χ1) is 12.5. The number of fused-ring (bicyclic) bond motifs is 1. The largest absolute Gasteiger partial charge is 0.491 e. The quantitative estimate of drug-likeness (QED) is 0.680. The maximum absolute atomic E-state index is 12.1. The molecule has 26 heavy (non-hydrogen) atoms.